The first-order chi connectivity index (χ1) is 20.9. The zero-order valence-corrected chi connectivity index (χ0v) is 25.4. The smallest absolute Gasteiger partial charge is 0.318 e. The lowest BCUT2D eigenvalue weighted by Crippen LogP contribution is -2.16. The van der Waals surface area contributed by atoms with Crippen molar-refractivity contribution in [1.29, 1.82) is 0 Å². The van der Waals surface area contributed by atoms with Crippen molar-refractivity contribution in [2.24, 2.45) is 5.16 Å². The number of carbonyl (C=O) groups excluding carboxylic acids is 3. The van der Waals surface area contributed by atoms with Gasteiger partial charge in [0.2, 0.25) is 5.78 Å². The van der Waals surface area contributed by atoms with Crippen molar-refractivity contribution in [1.82, 2.24) is 0 Å². The number of fused-ring (bicyclic) bond motifs is 1. The molecule has 0 radical (unpaired) electrons. The van der Waals surface area contributed by atoms with E-state index in [0.717, 1.165) is 25.6 Å². The molecule has 0 atom stereocenters. The number of thioether (sulfide) groups is 1. The van der Waals surface area contributed by atoms with E-state index in [0.29, 0.717) is 28.9 Å². The number of Topliss-reactive ketones (excluding diaryl/α,β-unsaturated/α-hetero) is 1. The summed E-state index contributed by atoms with van der Waals surface area (Å²) in [7, 11) is 0. The van der Waals surface area contributed by atoms with Crippen LogP contribution in [0.4, 0.5) is 0 Å². The van der Waals surface area contributed by atoms with E-state index in [9.17, 15) is 14.4 Å². The van der Waals surface area contributed by atoms with E-state index in [2.05, 4.69) is 35.5 Å². The van der Waals surface area contributed by atoms with Crippen LogP contribution >= 0.6 is 23.5 Å². The molecule has 0 aliphatic rings. The summed E-state index contributed by atoms with van der Waals surface area (Å²) in [4.78, 5) is 45.5. The Bertz CT molecular complexity index is 1810. The van der Waals surface area contributed by atoms with Crippen LogP contribution in [-0.4, -0.2) is 29.0 Å². The molecular weight excluding hydrogens is 575 g/mol. The lowest BCUT2D eigenvalue weighted by Gasteiger charge is -2.08. The first kappa shape index (κ1) is 30.0. The highest BCUT2D eigenvalue weighted by molar-refractivity contribution is 7.99. The molecule has 43 heavy (non-hydrogen) atoms. The van der Waals surface area contributed by atoms with Crippen molar-refractivity contribution in [2.75, 3.05) is 5.75 Å². The summed E-state index contributed by atoms with van der Waals surface area (Å²) in [6.45, 7) is 3.19. The Morgan fingerprint density at radius 3 is 1.98 bits per heavy atom. The molecule has 0 saturated heterocycles. The molecule has 0 heterocycles. The van der Waals surface area contributed by atoms with Gasteiger partial charge in [-0.3, -0.25) is 9.59 Å². The van der Waals surface area contributed by atoms with Gasteiger partial charge >= 0.3 is 5.97 Å². The minimum atomic E-state index is -0.578. The van der Waals surface area contributed by atoms with E-state index in [1.807, 2.05) is 79.7 Å². The van der Waals surface area contributed by atoms with Gasteiger partial charge < -0.3 is 4.84 Å². The number of carbonyl (C=O) groups is 3. The van der Waals surface area contributed by atoms with Gasteiger partial charge in [0.15, 0.2) is 5.78 Å². The standard InChI is InChI=1S/C36H29NO4S2/c1-24-7-3-6-10-33(24)35(39)27-12-16-30(17-13-27)43-31-18-14-28(15-19-31)36(40)34(37-41-25(2)38)21-22-42-32-20-11-26-8-4-5-9-29(26)23-32/h3-20,23H,21-22H2,1-2H3/b37-34+. The van der Waals surface area contributed by atoms with Gasteiger partial charge in [0, 0.05) is 50.5 Å². The fraction of sp³-hybridized carbons (Fsp3) is 0.111. The van der Waals surface area contributed by atoms with Gasteiger partial charge in [0.05, 0.1) is 0 Å². The quantitative estimate of drug-likeness (QED) is 0.0494. The predicted molar refractivity (Wildman–Crippen MR) is 174 cm³/mol. The zero-order chi connectivity index (χ0) is 30.2. The third-order valence-electron chi connectivity index (χ3n) is 6.73. The van der Waals surface area contributed by atoms with Crippen LogP contribution in [0, 0.1) is 6.92 Å². The first-order valence-electron chi connectivity index (χ1n) is 13.8. The Morgan fingerprint density at radius 2 is 1.30 bits per heavy atom. The number of hydrogen-bond donors (Lipinski definition) is 0. The molecule has 0 aliphatic heterocycles. The molecule has 0 spiro atoms. The van der Waals surface area contributed by atoms with Crippen LogP contribution in [0.25, 0.3) is 10.8 Å². The number of nitrogens with zero attached hydrogens (tertiary/aromatic N) is 1. The molecule has 0 aromatic heterocycles. The largest absolute Gasteiger partial charge is 0.331 e. The van der Waals surface area contributed by atoms with Crippen molar-refractivity contribution < 1.29 is 19.2 Å². The maximum atomic E-state index is 13.3. The number of oxime groups is 1. The first-order valence-corrected chi connectivity index (χ1v) is 15.6. The number of aryl methyl sites for hydroxylation is 1. The number of ketones is 2. The fourth-order valence-electron chi connectivity index (χ4n) is 4.48. The Labute approximate surface area is 259 Å². The van der Waals surface area contributed by atoms with E-state index < -0.39 is 5.97 Å². The summed E-state index contributed by atoms with van der Waals surface area (Å²) >= 11 is 3.15. The van der Waals surface area contributed by atoms with Crippen LogP contribution in [0.1, 0.15) is 45.2 Å². The van der Waals surface area contributed by atoms with E-state index in [1.165, 1.54) is 24.1 Å². The Balaban J connectivity index is 1.22. The molecule has 0 amide bonds. The minimum Gasteiger partial charge on any atom is -0.318 e. The fourth-order valence-corrected chi connectivity index (χ4v) is 6.20. The third-order valence-corrected chi connectivity index (χ3v) is 8.74. The lowest BCUT2D eigenvalue weighted by molar-refractivity contribution is -0.140. The van der Waals surface area contributed by atoms with E-state index in [1.54, 1.807) is 23.9 Å². The second-order valence-corrected chi connectivity index (χ2v) is 12.2. The van der Waals surface area contributed by atoms with Crippen molar-refractivity contribution in [3.05, 3.63) is 138 Å². The molecule has 5 aromatic rings. The lowest BCUT2D eigenvalue weighted by atomic mass is 9.99. The highest BCUT2D eigenvalue weighted by Gasteiger charge is 2.17. The molecule has 0 fully saturated rings. The Kier molecular flexibility index (Phi) is 9.87. The number of rotatable bonds is 11. The van der Waals surface area contributed by atoms with Gasteiger partial charge in [-0.1, -0.05) is 71.5 Å². The zero-order valence-electron chi connectivity index (χ0n) is 23.8. The monoisotopic (exact) mass is 603 g/mol. The predicted octanol–water partition coefficient (Wildman–Crippen LogP) is 8.81. The van der Waals surface area contributed by atoms with Gasteiger partial charge in [0.1, 0.15) is 5.71 Å². The molecule has 5 nitrogen and oxygen atoms in total. The maximum absolute atomic E-state index is 13.3. The molecule has 214 valence electrons. The van der Waals surface area contributed by atoms with Gasteiger partial charge in [-0.25, -0.2) is 4.79 Å². The van der Waals surface area contributed by atoms with E-state index in [-0.39, 0.29) is 17.3 Å². The van der Waals surface area contributed by atoms with Crippen molar-refractivity contribution in [3.63, 3.8) is 0 Å². The highest BCUT2D eigenvalue weighted by atomic mass is 32.2. The molecule has 0 saturated carbocycles. The molecule has 0 aliphatic carbocycles. The molecular formula is C36H29NO4S2. The summed E-state index contributed by atoms with van der Waals surface area (Å²) in [5.74, 6) is -0.262. The second kappa shape index (κ2) is 14.1. The summed E-state index contributed by atoms with van der Waals surface area (Å²) in [5.41, 5.74) is 2.94. The summed E-state index contributed by atoms with van der Waals surface area (Å²) in [6.07, 6.45) is 0.341. The van der Waals surface area contributed by atoms with Crippen LogP contribution in [0.3, 0.4) is 0 Å². The van der Waals surface area contributed by atoms with Crippen LogP contribution in [0.15, 0.2) is 135 Å². The SMILES string of the molecule is CC(=O)O/N=C(\CCSc1ccc2ccccc2c1)C(=O)c1ccc(Sc2ccc(C(=O)c3ccccc3C)cc2)cc1. The Hall–Kier alpha value is -4.46. The van der Waals surface area contributed by atoms with Gasteiger partial charge in [-0.15, -0.1) is 11.8 Å². The normalized spacial score (nSPS) is 11.3. The summed E-state index contributed by atoms with van der Waals surface area (Å²) < 4.78 is 0. The van der Waals surface area contributed by atoms with Crippen LogP contribution in [-0.2, 0) is 9.63 Å². The average Bonchev–Trinajstić information content (AvgIpc) is 3.03. The van der Waals surface area contributed by atoms with Crippen LogP contribution < -0.4 is 0 Å². The Morgan fingerprint density at radius 1 is 0.698 bits per heavy atom. The van der Waals surface area contributed by atoms with Crippen LogP contribution in [0.2, 0.25) is 0 Å². The molecule has 0 unspecified atom stereocenters. The number of benzene rings is 5. The van der Waals surface area contributed by atoms with Crippen LogP contribution in [0.5, 0.6) is 0 Å². The maximum Gasteiger partial charge on any atom is 0.331 e. The molecule has 0 bridgehead atoms. The van der Waals surface area contributed by atoms with Crippen molar-refractivity contribution >= 4 is 57.5 Å². The van der Waals surface area contributed by atoms with Gasteiger partial charge in [0.25, 0.3) is 0 Å². The average molecular weight is 604 g/mol. The molecule has 5 aromatic carbocycles. The third kappa shape index (κ3) is 7.89. The van der Waals surface area contributed by atoms with Crippen molar-refractivity contribution in [3.8, 4) is 0 Å². The molecule has 0 N–H and O–H groups in total. The second-order valence-electron chi connectivity index (χ2n) is 9.85. The topological polar surface area (TPSA) is 72.8 Å². The van der Waals surface area contributed by atoms with Crippen molar-refractivity contribution in [2.45, 2.75) is 35.0 Å². The van der Waals surface area contributed by atoms with E-state index in [4.69, 9.17) is 4.84 Å². The molecule has 5 rings (SSSR count). The van der Waals surface area contributed by atoms with Gasteiger partial charge in [-0.2, -0.15) is 0 Å². The summed E-state index contributed by atoms with van der Waals surface area (Å²) in [5, 5.41) is 6.22. The minimum absolute atomic E-state index is 0.000556. The van der Waals surface area contributed by atoms with Gasteiger partial charge in [-0.05, 0) is 83.9 Å². The van der Waals surface area contributed by atoms with E-state index >= 15 is 0 Å². The molecule has 7 heteroatoms. The number of hydrogen-bond acceptors (Lipinski definition) is 7. The highest BCUT2D eigenvalue weighted by Crippen LogP contribution is 2.29. The summed E-state index contributed by atoms with van der Waals surface area (Å²) in [6, 6.07) is 36.8.